The third-order valence-electron chi connectivity index (χ3n) is 5.00. The molecule has 0 aliphatic rings. The molecule has 0 bridgehead atoms. The number of nitrogens with zero attached hydrogens (tertiary/aromatic N) is 1. The van der Waals surface area contributed by atoms with Crippen LogP contribution >= 0.6 is 11.6 Å². The number of amides is 3. The van der Waals surface area contributed by atoms with E-state index in [9.17, 15) is 14.4 Å². The SMILES string of the molecule is CCc1ccc(NC(=O)C(=O)NN=Cc2ccc(OCC(=O)Nc3cccc(Cl)c3C)cc2)cc1. The van der Waals surface area contributed by atoms with Gasteiger partial charge in [-0.15, -0.1) is 0 Å². The number of aryl methyl sites for hydroxylation is 1. The molecule has 0 aromatic heterocycles. The van der Waals surface area contributed by atoms with E-state index in [4.69, 9.17) is 16.3 Å². The molecule has 3 rings (SSSR count). The number of hydrogen-bond acceptors (Lipinski definition) is 5. The fourth-order valence-electron chi connectivity index (χ4n) is 2.96. The van der Waals surface area contributed by atoms with Gasteiger partial charge in [0.15, 0.2) is 6.61 Å². The van der Waals surface area contributed by atoms with Crippen molar-refractivity contribution in [2.24, 2.45) is 5.10 Å². The Morgan fingerprint density at radius 3 is 2.34 bits per heavy atom. The fraction of sp³-hybridized carbons (Fsp3) is 0.154. The molecule has 0 heterocycles. The molecule has 8 nitrogen and oxygen atoms in total. The molecule has 9 heteroatoms. The normalized spacial score (nSPS) is 10.6. The van der Waals surface area contributed by atoms with E-state index in [1.807, 2.05) is 26.0 Å². The Kier molecular flexibility index (Phi) is 8.97. The maximum atomic E-state index is 12.1. The summed E-state index contributed by atoms with van der Waals surface area (Å²) in [6, 6.07) is 19.2. The third kappa shape index (κ3) is 7.68. The van der Waals surface area contributed by atoms with Crippen molar-refractivity contribution in [3.05, 3.63) is 88.4 Å². The van der Waals surface area contributed by atoms with Crippen molar-refractivity contribution >= 4 is 46.9 Å². The number of halogens is 1. The maximum Gasteiger partial charge on any atom is 0.329 e. The molecular weight excluding hydrogens is 468 g/mol. The summed E-state index contributed by atoms with van der Waals surface area (Å²) in [6.45, 7) is 3.67. The highest BCUT2D eigenvalue weighted by molar-refractivity contribution is 6.39. The number of rotatable bonds is 8. The Bertz CT molecular complexity index is 1230. The Hall–Kier alpha value is -4.17. The van der Waals surface area contributed by atoms with E-state index in [1.54, 1.807) is 54.6 Å². The van der Waals surface area contributed by atoms with E-state index in [2.05, 4.69) is 21.2 Å². The van der Waals surface area contributed by atoms with E-state index in [1.165, 1.54) is 6.21 Å². The summed E-state index contributed by atoms with van der Waals surface area (Å²) in [7, 11) is 0. The lowest BCUT2D eigenvalue weighted by atomic mass is 10.1. The summed E-state index contributed by atoms with van der Waals surface area (Å²) in [6.07, 6.45) is 2.27. The van der Waals surface area contributed by atoms with Crippen LogP contribution in [0.15, 0.2) is 71.8 Å². The maximum absolute atomic E-state index is 12.1. The van der Waals surface area contributed by atoms with E-state index >= 15 is 0 Å². The van der Waals surface area contributed by atoms with Crippen molar-refractivity contribution in [3.63, 3.8) is 0 Å². The van der Waals surface area contributed by atoms with Crippen LogP contribution in [-0.4, -0.2) is 30.5 Å². The quantitative estimate of drug-likeness (QED) is 0.247. The number of anilines is 2. The lowest BCUT2D eigenvalue weighted by molar-refractivity contribution is -0.136. The summed E-state index contributed by atoms with van der Waals surface area (Å²) in [5.74, 6) is -1.54. The summed E-state index contributed by atoms with van der Waals surface area (Å²) in [5.41, 5.74) is 5.91. The molecule has 0 fully saturated rings. The monoisotopic (exact) mass is 492 g/mol. The van der Waals surface area contributed by atoms with Gasteiger partial charge in [-0.3, -0.25) is 14.4 Å². The number of hydrogen-bond donors (Lipinski definition) is 3. The van der Waals surface area contributed by atoms with E-state index in [-0.39, 0.29) is 12.5 Å². The molecule has 3 aromatic rings. The van der Waals surface area contributed by atoms with Crippen molar-refractivity contribution in [2.75, 3.05) is 17.2 Å². The van der Waals surface area contributed by atoms with Crippen LogP contribution in [-0.2, 0) is 20.8 Å². The van der Waals surface area contributed by atoms with E-state index < -0.39 is 11.8 Å². The van der Waals surface area contributed by atoms with Crippen LogP contribution in [0.2, 0.25) is 5.02 Å². The minimum Gasteiger partial charge on any atom is -0.484 e. The minimum absolute atomic E-state index is 0.175. The van der Waals surface area contributed by atoms with Gasteiger partial charge in [0.2, 0.25) is 0 Å². The molecule has 0 saturated carbocycles. The predicted octanol–water partition coefficient (Wildman–Crippen LogP) is 4.32. The number of ether oxygens (including phenoxy) is 1. The second-order valence-electron chi connectivity index (χ2n) is 7.52. The van der Waals surface area contributed by atoms with Gasteiger partial charge in [0.25, 0.3) is 5.91 Å². The largest absolute Gasteiger partial charge is 0.484 e. The first-order valence-electron chi connectivity index (χ1n) is 10.9. The zero-order valence-electron chi connectivity index (χ0n) is 19.3. The van der Waals surface area contributed by atoms with Crippen LogP contribution < -0.4 is 20.8 Å². The molecule has 3 N–H and O–H groups in total. The summed E-state index contributed by atoms with van der Waals surface area (Å²) >= 11 is 6.06. The number of carbonyl (C=O) groups is 3. The van der Waals surface area contributed by atoms with Gasteiger partial charge in [-0.25, -0.2) is 5.43 Å². The van der Waals surface area contributed by atoms with Crippen molar-refractivity contribution < 1.29 is 19.1 Å². The first-order valence-corrected chi connectivity index (χ1v) is 11.2. The van der Waals surface area contributed by atoms with Gasteiger partial charge in [0, 0.05) is 16.4 Å². The van der Waals surface area contributed by atoms with Crippen LogP contribution in [0.3, 0.4) is 0 Å². The summed E-state index contributed by atoms with van der Waals surface area (Å²) in [4.78, 5) is 36.1. The zero-order valence-corrected chi connectivity index (χ0v) is 20.1. The van der Waals surface area contributed by atoms with Gasteiger partial charge in [0.05, 0.1) is 6.21 Å². The summed E-state index contributed by atoms with van der Waals surface area (Å²) in [5, 5.41) is 9.64. The van der Waals surface area contributed by atoms with Crippen LogP contribution in [0, 0.1) is 6.92 Å². The molecule has 0 saturated heterocycles. The van der Waals surface area contributed by atoms with Gasteiger partial charge in [-0.2, -0.15) is 5.10 Å². The third-order valence-corrected chi connectivity index (χ3v) is 5.41. The second-order valence-corrected chi connectivity index (χ2v) is 7.93. The molecule has 0 radical (unpaired) electrons. The van der Waals surface area contributed by atoms with Crippen molar-refractivity contribution in [1.82, 2.24) is 5.43 Å². The van der Waals surface area contributed by atoms with Crippen LogP contribution in [0.4, 0.5) is 11.4 Å². The number of carbonyl (C=O) groups excluding carboxylic acids is 3. The van der Waals surface area contributed by atoms with Crippen LogP contribution in [0.1, 0.15) is 23.6 Å². The predicted molar refractivity (Wildman–Crippen MR) is 137 cm³/mol. The van der Waals surface area contributed by atoms with Gasteiger partial charge >= 0.3 is 11.8 Å². The van der Waals surface area contributed by atoms with Crippen molar-refractivity contribution in [1.29, 1.82) is 0 Å². The Morgan fingerprint density at radius 1 is 0.943 bits per heavy atom. The number of hydrazone groups is 1. The zero-order chi connectivity index (χ0) is 25.2. The molecule has 0 spiro atoms. The lowest BCUT2D eigenvalue weighted by Gasteiger charge is -2.10. The Morgan fingerprint density at radius 2 is 1.66 bits per heavy atom. The Labute approximate surface area is 208 Å². The highest BCUT2D eigenvalue weighted by Crippen LogP contribution is 2.23. The van der Waals surface area contributed by atoms with Crippen molar-refractivity contribution in [2.45, 2.75) is 20.3 Å². The minimum atomic E-state index is -0.887. The average Bonchev–Trinajstić information content (AvgIpc) is 2.86. The average molecular weight is 493 g/mol. The van der Waals surface area contributed by atoms with Gasteiger partial charge < -0.3 is 15.4 Å². The highest BCUT2D eigenvalue weighted by Gasteiger charge is 2.12. The smallest absolute Gasteiger partial charge is 0.329 e. The molecule has 180 valence electrons. The topological polar surface area (TPSA) is 109 Å². The van der Waals surface area contributed by atoms with Crippen molar-refractivity contribution in [3.8, 4) is 5.75 Å². The first-order chi connectivity index (χ1) is 16.9. The molecule has 0 aliphatic carbocycles. The highest BCUT2D eigenvalue weighted by atomic mass is 35.5. The molecule has 0 aliphatic heterocycles. The standard InChI is InChI=1S/C26H25ClN4O4/c1-3-18-7-11-20(12-8-18)29-25(33)26(34)31-28-15-19-9-13-21(14-10-19)35-16-24(32)30-23-6-4-5-22(27)17(23)2/h4-15H,3,16H2,1-2H3,(H,29,33)(H,30,32)(H,31,34). The molecule has 0 unspecified atom stereocenters. The molecular formula is C26H25ClN4O4. The number of benzene rings is 3. The first kappa shape index (κ1) is 25.5. The van der Waals surface area contributed by atoms with Crippen LogP contribution in [0.25, 0.3) is 0 Å². The van der Waals surface area contributed by atoms with E-state index in [0.29, 0.717) is 27.7 Å². The molecule has 3 amide bonds. The lowest BCUT2D eigenvalue weighted by Crippen LogP contribution is -2.32. The van der Waals surface area contributed by atoms with E-state index in [0.717, 1.165) is 17.5 Å². The fourth-order valence-corrected chi connectivity index (χ4v) is 3.13. The van der Waals surface area contributed by atoms with Gasteiger partial charge in [-0.1, -0.05) is 36.7 Å². The molecule has 0 atom stereocenters. The van der Waals surface area contributed by atoms with Crippen LogP contribution in [0.5, 0.6) is 5.75 Å². The summed E-state index contributed by atoms with van der Waals surface area (Å²) < 4.78 is 5.50. The van der Waals surface area contributed by atoms with Gasteiger partial charge in [-0.05, 0) is 78.6 Å². The van der Waals surface area contributed by atoms with Gasteiger partial charge in [0.1, 0.15) is 5.75 Å². The second kappa shape index (κ2) is 12.3. The molecule has 35 heavy (non-hydrogen) atoms. The number of nitrogens with one attached hydrogen (secondary N) is 3. The Balaban J connectivity index is 1.43. The molecule has 3 aromatic carbocycles.